The van der Waals surface area contributed by atoms with Gasteiger partial charge in [-0.15, -0.1) is 0 Å². The summed E-state index contributed by atoms with van der Waals surface area (Å²) in [4.78, 5) is 39.4. The monoisotopic (exact) mass is 465 g/mol. The smallest absolute Gasteiger partial charge is 0.274 e. The van der Waals surface area contributed by atoms with E-state index in [9.17, 15) is 14.4 Å². The van der Waals surface area contributed by atoms with Crippen LogP contribution >= 0.6 is 11.6 Å². The third-order valence-corrected chi connectivity index (χ3v) is 5.45. The number of anilines is 1. The van der Waals surface area contributed by atoms with Crippen LogP contribution in [0.4, 0.5) is 5.69 Å². The van der Waals surface area contributed by atoms with E-state index >= 15 is 0 Å². The van der Waals surface area contributed by atoms with E-state index in [4.69, 9.17) is 16.8 Å². The van der Waals surface area contributed by atoms with Crippen molar-refractivity contribution in [3.05, 3.63) is 100 Å². The number of hydroxylamine groups is 1. The second kappa shape index (κ2) is 11.3. The number of halogens is 1. The Balaban J connectivity index is 1.78. The molecule has 2 N–H and O–H groups in total. The lowest BCUT2D eigenvalue weighted by Gasteiger charge is -2.24. The first-order valence-corrected chi connectivity index (χ1v) is 10.6. The number of nitrogens with zero attached hydrogens (tertiary/aromatic N) is 2. The third-order valence-electron chi connectivity index (χ3n) is 5.21. The molecule has 0 aliphatic heterocycles. The predicted molar refractivity (Wildman–Crippen MR) is 127 cm³/mol. The molecule has 0 radical (unpaired) electrons. The van der Waals surface area contributed by atoms with Crippen LogP contribution in [-0.4, -0.2) is 41.9 Å². The standard InChI is InChI=1S/C25H24ClN3O4/c1-28(16-19-7-9-20(10-8-19)24(31)27-33)23-15-21(26)11-12-22(23)25(32)29(17-30)14-13-18-5-3-2-4-6-18/h2-12,15,17,33H,13-14,16H2,1H3,(H,27,31). The minimum absolute atomic E-state index is 0.256. The molecule has 170 valence electrons. The second-order valence-electron chi connectivity index (χ2n) is 7.49. The Labute approximate surface area is 197 Å². The highest BCUT2D eigenvalue weighted by Crippen LogP contribution is 2.27. The summed E-state index contributed by atoms with van der Waals surface area (Å²) in [6.07, 6.45) is 1.10. The van der Waals surface area contributed by atoms with E-state index in [1.54, 1.807) is 47.9 Å². The maximum absolute atomic E-state index is 13.2. The maximum Gasteiger partial charge on any atom is 0.274 e. The molecule has 3 amide bonds. The van der Waals surface area contributed by atoms with Crippen LogP contribution in [0.1, 0.15) is 31.8 Å². The van der Waals surface area contributed by atoms with Gasteiger partial charge >= 0.3 is 0 Å². The first-order valence-electron chi connectivity index (χ1n) is 10.3. The quantitative estimate of drug-likeness (QED) is 0.284. The van der Waals surface area contributed by atoms with Crippen LogP contribution in [-0.2, 0) is 17.8 Å². The summed E-state index contributed by atoms with van der Waals surface area (Å²) in [5, 5.41) is 9.21. The molecule has 0 heterocycles. The van der Waals surface area contributed by atoms with Crippen LogP contribution in [0, 0.1) is 0 Å². The minimum atomic E-state index is -0.595. The van der Waals surface area contributed by atoms with Crippen molar-refractivity contribution in [1.82, 2.24) is 10.4 Å². The molecule has 3 rings (SSSR count). The lowest BCUT2D eigenvalue weighted by atomic mass is 10.1. The average Bonchev–Trinajstić information content (AvgIpc) is 2.84. The average molecular weight is 466 g/mol. The first-order chi connectivity index (χ1) is 15.9. The van der Waals surface area contributed by atoms with Gasteiger partial charge in [0.1, 0.15) is 0 Å². The van der Waals surface area contributed by atoms with Crippen LogP contribution in [0.3, 0.4) is 0 Å². The van der Waals surface area contributed by atoms with Gasteiger partial charge in [-0.3, -0.25) is 24.5 Å². The zero-order valence-corrected chi connectivity index (χ0v) is 18.8. The summed E-state index contributed by atoms with van der Waals surface area (Å²) in [5.41, 5.74) is 4.76. The maximum atomic E-state index is 13.2. The molecule has 3 aromatic carbocycles. The molecule has 0 saturated carbocycles. The fourth-order valence-electron chi connectivity index (χ4n) is 3.44. The van der Waals surface area contributed by atoms with E-state index in [0.717, 1.165) is 16.0 Å². The van der Waals surface area contributed by atoms with Crippen LogP contribution in [0.15, 0.2) is 72.8 Å². The van der Waals surface area contributed by atoms with E-state index in [0.29, 0.717) is 41.2 Å². The van der Waals surface area contributed by atoms with Crippen molar-refractivity contribution in [2.24, 2.45) is 0 Å². The van der Waals surface area contributed by atoms with Gasteiger partial charge in [-0.25, -0.2) is 5.48 Å². The molecule has 0 aliphatic rings. The van der Waals surface area contributed by atoms with Crippen molar-refractivity contribution in [3.8, 4) is 0 Å². The van der Waals surface area contributed by atoms with Gasteiger partial charge in [0.15, 0.2) is 0 Å². The molecule has 0 atom stereocenters. The van der Waals surface area contributed by atoms with Crippen molar-refractivity contribution < 1.29 is 19.6 Å². The molecule has 0 fully saturated rings. The van der Waals surface area contributed by atoms with E-state index in [2.05, 4.69) is 0 Å². The Morgan fingerprint density at radius 2 is 1.70 bits per heavy atom. The fourth-order valence-corrected chi connectivity index (χ4v) is 3.60. The zero-order chi connectivity index (χ0) is 23.8. The number of carbonyl (C=O) groups is 3. The molecular weight excluding hydrogens is 442 g/mol. The number of imide groups is 1. The minimum Gasteiger partial charge on any atom is -0.370 e. The van der Waals surface area contributed by atoms with Gasteiger partial charge in [-0.05, 0) is 47.9 Å². The van der Waals surface area contributed by atoms with E-state index < -0.39 is 11.8 Å². The largest absolute Gasteiger partial charge is 0.370 e. The molecule has 33 heavy (non-hydrogen) atoms. The van der Waals surface area contributed by atoms with Crippen LogP contribution < -0.4 is 10.4 Å². The van der Waals surface area contributed by atoms with Crippen molar-refractivity contribution in [1.29, 1.82) is 0 Å². The van der Waals surface area contributed by atoms with Gasteiger partial charge in [-0.2, -0.15) is 0 Å². The van der Waals surface area contributed by atoms with Gasteiger partial charge in [0.2, 0.25) is 6.41 Å². The SMILES string of the molecule is CN(Cc1ccc(C(=O)NO)cc1)c1cc(Cl)ccc1C(=O)N(C=O)CCc1ccccc1. The molecular formula is C25H24ClN3O4. The van der Waals surface area contributed by atoms with Crippen molar-refractivity contribution >= 4 is 35.5 Å². The highest BCUT2D eigenvalue weighted by Gasteiger charge is 2.21. The Kier molecular flexibility index (Phi) is 8.18. The van der Waals surface area contributed by atoms with E-state index in [1.165, 1.54) is 0 Å². The summed E-state index contributed by atoms with van der Waals surface area (Å²) in [5.74, 6) is -1.00. The predicted octanol–water partition coefficient (Wildman–Crippen LogP) is 3.94. The van der Waals surface area contributed by atoms with E-state index in [1.807, 2.05) is 42.3 Å². The highest BCUT2D eigenvalue weighted by atomic mass is 35.5. The van der Waals surface area contributed by atoms with Gasteiger partial charge in [-0.1, -0.05) is 54.1 Å². The topological polar surface area (TPSA) is 90.0 Å². The van der Waals surface area contributed by atoms with Crippen LogP contribution in [0.2, 0.25) is 5.02 Å². The second-order valence-corrected chi connectivity index (χ2v) is 7.93. The summed E-state index contributed by atoms with van der Waals surface area (Å²) < 4.78 is 0. The zero-order valence-electron chi connectivity index (χ0n) is 18.1. The Morgan fingerprint density at radius 3 is 2.33 bits per heavy atom. The Hall–Kier alpha value is -3.68. The number of rotatable bonds is 9. The summed E-state index contributed by atoms with van der Waals surface area (Å²) in [6, 6.07) is 21.3. The van der Waals surface area contributed by atoms with Gasteiger partial charge in [0.05, 0.1) is 11.3 Å². The Bertz CT molecular complexity index is 1120. The molecule has 0 aromatic heterocycles. The molecule has 3 aromatic rings. The number of nitrogens with one attached hydrogen (secondary N) is 1. The fraction of sp³-hybridized carbons (Fsp3) is 0.160. The molecule has 0 saturated heterocycles. The molecule has 8 heteroatoms. The number of benzene rings is 3. The number of hydrogen-bond acceptors (Lipinski definition) is 5. The molecule has 7 nitrogen and oxygen atoms in total. The molecule has 0 unspecified atom stereocenters. The first kappa shape index (κ1) is 24.0. The summed E-state index contributed by atoms with van der Waals surface area (Å²) in [6.45, 7) is 0.680. The molecule has 0 bridgehead atoms. The number of hydrogen-bond donors (Lipinski definition) is 2. The summed E-state index contributed by atoms with van der Waals surface area (Å²) in [7, 11) is 1.81. The summed E-state index contributed by atoms with van der Waals surface area (Å²) >= 11 is 6.21. The van der Waals surface area contributed by atoms with Gasteiger partial charge in [0.25, 0.3) is 11.8 Å². The van der Waals surface area contributed by atoms with Crippen molar-refractivity contribution in [2.75, 3.05) is 18.5 Å². The lowest BCUT2D eigenvalue weighted by molar-refractivity contribution is -0.115. The van der Waals surface area contributed by atoms with Gasteiger partial charge < -0.3 is 4.90 Å². The van der Waals surface area contributed by atoms with Crippen LogP contribution in [0.5, 0.6) is 0 Å². The van der Waals surface area contributed by atoms with Crippen LogP contribution in [0.25, 0.3) is 0 Å². The normalized spacial score (nSPS) is 10.4. The van der Waals surface area contributed by atoms with Crippen molar-refractivity contribution in [3.63, 3.8) is 0 Å². The van der Waals surface area contributed by atoms with E-state index in [-0.39, 0.29) is 6.54 Å². The molecule has 0 spiro atoms. The lowest BCUT2D eigenvalue weighted by Crippen LogP contribution is -2.33. The van der Waals surface area contributed by atoms with Gasteiger partial charge in [0, 0.05) is 30.7 Å². The Morgan fingerprint density at radius 1 is 1.00 bits per heavy atom. The number of carbonyl (C=O) groups excluding carboxylic acids is 3. The van der Waals surface area contributed by atoms with Crippen molar-refractivity contribution in [2.45, 2.75) is 13.0 Å². The highest BCUT2D eigenvalue weighted by molar-refractivity contribution is 6.31. The third kappa shape index (κ3) is 6.19. The number of amides is 3. The molecule has 0 aliphatic carbocycles.